The molecule has 3 unspecified atom stereocenters. The van der Waals surface area contributed by atoms with Crippen LogP contribution in [0.4, 0.5) is 13.2 Å². The summed E-state index contributed by atoms with van der Waals surface area (Å²) in [4.78, 5) is 14.0. The number of nitrogens with one attached hydrogen (secondary N) is 2. The van der Waals surface area contributed by atoms with Crippen molar-refractivity contribution in [3.05, 3.63) is 59.4 Å². The van der Waals surface area contributed by atoms with E-state index >= 15 is 13.2 Å². The summed E-state index contributed by atoms with van der Waals surface area (Å²) in [7, 11) is -3.57. The molecule has 1 saturated carbocycles. The molecule has 4 rings (SSSR count). The number of aliphatic hydroxyl groups is 1. The molecule has 1 aliphatic heterocycles. The number of nitrogens with zero attached hydrogens (tertiary/aromatic N) is 1. The summed E-state index contributed by atoms with van der Waals surface area (Å²) < 4.78 is 68.7. The molecule has 1 aliphatic carbocycles. The third-order valence-electron chi connectivity index (χ3n) is 7.02. The predicted octanol–water partition coefficient (Wildman–Crippen LogP) is 4.04. The summed E-state index contributed by atoms with van der Waals surface area (Å²) >= 11 is 0. The topological polar surface area (TPSA) is 93.5 Å². The number of aryl methyl sites for hydroxylation is 1. The van der Waals surface area contributed by atoms with Crippen LogP contribution >= 0.6 is 0 Å². The number of rotatable bonds is 7. The van der Waals surface area contributed by atoms with Crippen molar-refractivity contribution in [2.75, 3.05) is 12.3 Å². The molecule has 0 aromatic heterocycles. The van der Waals surface area contributed by atoms with Gasteiger partial charge in [0.25, 0.3) is 11.8 Å². The normalized spacial score (nSPS) is 24.6. The Morgan fingerprint density at radius 1 is 1.26 bits per heavy atom. The lowest BCUT2D eigenvalue weighted by atomic mass is 9.79. The molecule has 1 heterocycles. The van der Waals surface area contributed by atoms with Crippen molar-refractivity contribution in [1.82, 2.24) is 9.62 Å². The van der Waals surface area contributed by atoms with Gasteiger partial charge in [-0.25, -0.2) is 26.9 Å². The molecule has 2 aliphatic rings. The van der Waals surface area contributed by atoms with Gasteiger partial charge in [-0.3, -0.25) is 4.79 Å². The number of benzene rings is 2. The van der Waals surface area contributed by atoms with E-state index in [0.29, 0.717) is 17.5 Å². The summed E-state index contributed by atoms with van der Waals surface area (Å²) in [6.45, 7) is 2.31. The first-order valence-electron chi connectivity index (χ1n) is 11.7. The molecule has 0 radical (unpaired) electrons. The third-order valence-corrected chi connectivity index (χ3v) is 8.47. The molecule has 1 saturated heterocycles. The van der Waals surface area contributed by atoms with Crippen molar-refractivity contribution in [3.63, 3.8) is 0 Å². The Kier molecular flexibility index (Phi) is 6.76. The quantitative estimate of drug-likeness (QED) is 0.526. The number of alkyl halides is 2. The molecule has 1 amide bonds. The van der Waals surface area contributed by atoms with Crippen molar-refractivity contribution in [1.29, 1.82) is 4.78 Å². The second-order valence-corrected chi connectivity index (χ2v) is 11.7. The van der Waals surface area contributed by atoms with Gasteiger partial charge < -0.3 is 10.0 Å². The standard InChI is InChI=1S/C25H30F3N3O3S/c1-3-35(29,34)30-22-20(31(15-25(22,27)28)23(32)24(33)11-6-12-24)14-18-9-5-10-19(21(18)26)17-8-4-7-16(2)13-17/h4-5,7-10,13,20,22,33H,3,6,11-12,14-15H2,1-2H3,(H2,29,30,34). The van der Waals surface area contributed by atoms with E-state index in [0.717, 1.165) is 10.5 Å². The molecule has 10 heteroatoms. The number of carbonyl (C=O) groups excluding carboxylic acids is 1. The molecule has 35 heavy (non-hydrogen) atoms. The molecular formula is C25H30F3N3O3S. The van der Waals surface area contributed by atoms with Gasteiger partial charge in [0, 0.05) is 11.3 Å². The average Bonchev–Trinajstić information content (AvgIpc) is 3.02. The highest BCUT2D eigenvalue weighted by Gasteiger charge is 2.59. The second kappa shape index (κ2) is 9.22. The molecule has 0 spiro atoms. The van der Waals surface area contributed by atoms with Crippen LogP contribution in [0.25, 0.3) is 11.1 Å². The van der Waals surface area contributed by atoms with Crippen LogP contribution in [0.3, 0.4) is 0 Å². The average molecular weight is 510 g/mol. The van der Waals surface area contributed by atoms with E-state index in [1.54, 1.807) is 24.3 Å². The molecule has 2 aromatic carbocycles. The van der Waals surface area contributed by atoms with E-state index in [9.17, 15) is 14.1 Å². The molecule has 3 N–H and O–H groups in total. The minimum atomic E-state index is -3.57. The van der Waals surface area contributed by atoms with Gasteiger partial charge in [0.15, 0.2) is 0 Å². The highest BCUT2D eigenvalue weighted by atomic mass is 32.2. The summed E-state index contributed by atoms with van der Waals surface area (Å²) in [5.41, 5.74) is 0.256. The maximum atomic E-state index is 15.7. The fraction of sp³-hybridized carbons (Fsp3) is 0.480. The van der Waals surface area contributed by atoms with E-state index in [-0.39, 0.29) is 30.6 Å². The number of carbonyl (C=O) groups is 1. The second-order valence-electron chi connectivity index (χ2n) is 9.56. The highest BCUT2D eigenvalue weighted by molar-refractivity contribution is 7.90. The highest BCUT2D eigenvalue weighted by Crippen LogP contribution is 2.41. The number of amides is 1. The first kappa shape index (κ1) is 25.7. The lowest BCUT2D eigenvalue weighted by Crippen LogP contribution is -2.57. The third kappa shape index (κ3) is 4.96. The van der Waals surface area contributed by atoms with Crippen LogP contribution < -0.4 is 4.72 Å². The van der Waals surface area contributed by atoms with Gasteiger partial charge in [-0.2, -0.15) is 0 Å². The van der Waals surface area contributed by atoms with Crippen molar-refractivity contribution < 1.29 is 27.3 Å². The largest absolute Gasteiger partial charge is 0.380 e. The lowest BCUT2D eigenvalue weighted by Gasteiger charge is -2.40. The van der Waals surface area contributed by atoms with Crippen molar-refractivity contribution in [2.24, 2.45) is 0 Å². The smallest absolute Gasteiger partial charge is 0.283 e. The van der Waals surface area contributed by atoms with Gasteiger partial charge in [0.05, 0.1) is 12.6 Å². The summed E-state index contributed by atoms with van der Waals surface area (Å²) in [5.74, 6) is -5.16. The van der Waals surface area contributed by atoms with Gasteiger partial charge in [-0.05, 0) is 43.7 Å². The maximum Gasteiger partial charge on any atom is 0.283 e. The Morgan fingerprint density at radius 2 is 1.94 bits per heavy atom. The zero-order valence-electron chi connectivity index (χ0n) is 19.7. The zero-order chi connectivity index (χ0) is 25.6. The molecule has 2 fully saturated rings. The molecule has 3 atom stereocenters. The number of hydrogen-bond acceptors (Lipinski definition) is 4. The summed E-state index contributed by atoms with van der Waals surface area (Å²) in [6, 6.07) is 8.80. The van der Waals surface area contributed by atoms with Crippen LogP contribution in [0.5, 0.6) is 0 Å². The van der Waals surface area contributed by atoms with E-state index in [2.05, 4.69) is 4.72 Å². The SMILES string of the molecule is CCS(=N)(=O)NC1C(Cc2cccc(-c3cccc(C)c3)c2F)N(C(=O)C2(O)CCC2)CC1(F)F. The van der Waals surface area contributed by atoms with Gasteiger partial charge in [-0.15, -0.1) is 0 Å². The van der Waals surface area contributed by atoms with Crippen molar-refractivity contribution in [2.45, 2.75) is 63.1 Å². The van der Waals surface area contributed by atoms with Crippen LogP contribution in [-0.2, 0) is 21.1 Å². The minimum absolute atomic E-state index is 0.116. The molecule has 2 aromatic rings. The molecular weight excluding hydrogens is 479 g/mol. The van der Waals surface area contributed by atoms with Gasteiger partial charge in [0.2, 0.25) is 0 Å². The first-order valence-corrected chi connectivity index (χ1v) is 13.4. The Labute approximate surface area is 203 Å². The monoisotopic (exact) mass is 509 g/mol. The van der Waals surface area contributed by atoms with Crippen LogP contribution in [0, 0.1) is 17.5 Å². The fourth-order valence-electron chi connectivity index (χ4n) is 4.80. The summed E-state index contributed by atoms with van der Waals surface area (Å²) in [6.07, 6.45) is 0.641. The number of likely N-dealkylation sites (tertiary alicyclic amines) is 1. The maximum absolute atomic E-state index is 15.7. The number of hydrogen-bond donors (Lipinski definition) is 3. The Morgan fingerprint density at radius 3 is 2.54 bits per heavy atom. The molecule has 0 bridgehead atoms. The van der Waals surface area contributed by atoms with Crippen molar-refractivity contribution in [3.8, 4) is 11.1 Å². The van der Waals surface area contributed by atoms with Crippen LogP contribution in [0.2, 0.25) is 0 Å². The fourth-order valence-corrected chi connectivity index (χ4v) is 5.71. The van der Waals surface area contributed by atoms with E-state index in [1.165, 1.54) is 13.0 Å². The van der Waals surface area contributed by atoms with Crippen molar-refractivity contribution >= 4 is 15.8 Å². The Bertz CT molecular complexity index is 1230. The van der Waals surface area contributed by atoms with Gasteiger partial charge in [-0.1, -0.05) is 55.0 Å². The Balaban J connectivity index is 1.74. The minimum Gasteiger partial charge on any atom is -0.380 e. The molecule has 190 valence electrons. The van der Waals surface area contributed by atoms with E-state index in [4.69, 9.17) is 4.78 Å². The van der Waals surface area contributed by atoms with Gasteiger partial charge in [0.1, 0.15) is 27.4 Å². The summed E-state index contributed by atoms with van der Waals surface area (Å²) in [5, 5.41) is 10.6. The van der Waals surface area contributed by atoms with Crippen LogP contribution in [-0.4, -0.2) is 56.0 Å². The van der Waals surface area contributed by atoms with Gasteiger partial charge >= 0.3 is 0 Å². The lowest BCUT2D eigenvalue weighted by molar-refractivity contribution is -0.162. The zero-order valence-corrected chi connectivity index (χ0v) is 20.5. The predicted molar refractivity (Wildman–Crippen MR) is 128 cm³/mol. The molecule has 6 nitrogen and oxygen atoms in total. The van der Waals surface area contributed by atoms with E-state index < -0.39 is 51.8 Å². The van der Waals surface area contributed by atoms with Crippen LogP contribution in [0.15, 0.2) is 42.5 Å². The Hall–Kier alpha value is -2.43. The van der Waals surface area contributed by atoms with E-state index in [1.807, 2.05) is 19.1 Å². The number of halogens is 3. The first-order chi connectivity index (χ1) is 16.4. The van der Waals surface area contributed by atoms with Crippen LogP contribution in [0.1, 0.15) is 37.3 Å².